The van der Waals surface area contributed by atoms with E-state index >= 15 is 0 Å². The highest BCUT2D eigenvalue weighted by molar-refractivity contribution is 14.0. The normalized spacial score (nSPS) is 12.6. The summed E-state index contributed by atoms with van der Waals surface area (Å²) in [6.07, 6.45) is -0.121. The Kier molecular flexibility index (Phi) is 11.2. The SMILES string of the molecule is CN=C(NCCNC(=O)C(C)(C)C)NCC(C)Oc1ccc(F)cc1.I. The summed E-state index contributed by atoms with van der Waals surface area (Å²) in [6.45, 7) is 9.14. The smallest absolute Gasteiger partial charge is 0.225 e. The van der Waals surface area contributed by atoms with Crippen molar-refractivity contribution < 1.29 is 13.9 Å². The average Bonchev–Trinajstić information content (AvgIpc) is 2.55. The summed E-state index contributed by atoms with van der Waals surface area (Å²) < 4.78 is 18.6. The predicted molar refractivity (Wildman–Crippen MR) is 114 cm³/mol. The van der Waals surface area contributed by atoms with E-state index < -0.39 is 5.41 Å². The third-order valence-electron chi connectivity index (χ3n) is 3.32. The van der Waals surface area contributed by atoms with E-state index in [2.05, 4.69) is 20.9 Å². The summed E-state index contributed by atoms with van der Waals surface area (Å²) >= 11 is 0. The number of ether oxygens (including phenoxy) is 1. The third-order valence-corrected chi connectivity index (χ3v) is 3.32. The van der Waals surface area contributed by atoms with E-state index in [1.807, 2.05) is 27.7 Å². The summed E-state index contributed by atoms with van der Waals surface area (Å²) in [4.78, 5) is 15.9. The molecule has 1 amide bonds. The van der Waals surface area contributed by atoms with Crippen molar-refractivity contribution in [2.75, 3.05) is 26.7 Å². The third kappa shape index (κ3) is 9.79. The Balaban J connectivity index is 0.00000625. The molecule has 0 aromatic heterocycles. The van der Waals surface area contributed by atoms with Crippen LogP contribution in [0.15, 0.2) is 29.3 Å². The number of hydrogen-bond donors (Lipinski definition) is 3. The Morgan fingerprint density at radius 3 is 2.27 bits per heavy atom. The van der Waals surface area contributed by atoms with Gasteiger partial charge in [0.1, 0.15) is 17.7 Å². The molecule has 3 N–H and O–H groups in total. The highest BCUT2D eigenvalue weighted by Gasteiger charge is 2.20. The second-order valence-corrected chi connectivity index (χ2v) is 6.77. The van der Waals surface area contributed by atoms with Gasteiger partial charge in [-0.2, -0.15) is 0 Å². The molecule has 1 atom stereocenters. The second-order valence-electron chi connectivity index (χ2n) is 6.77. The zero-order chi connectivity index (χ0) is 18.9. The number of rotatable bonds is 7. The van der Waals surface area contributed by atoms with Crippen LogP contribution in [0.4, 0.5) is 4.39 Å². The van der Waals surface area contributed by atoms with Crippen LogP contribution in [0.5, 0.6) is 5.75 Å². The summed E-state index contributed by atoms with van der Waals surface area (Å²) in [7, 11) is 1.68. The molecule has 0 aliphatic heterocycles. The molecule has 1 aromatic rings. The van der Waals surface area contributed by atoms with Crippen molar-refractivity contribution in [2.24, 2.45) is 10.4 Å². The molecule has 0 bridgehead atoms. The van der Waals surface area contributed by atoms with Crippen molar-refractivity contribution in [1.82, 2.24) is 16.0 Å². The van der Waals surface area contributed by atoms with Crippen molar-refractivity contribution in [3.63, 3.8) is 0 Å². The first-order valence-electron chi connectivity index (χ1n) is 8.37. The van der Waals surface area contributed by atoms with Gasteiger partial charge in [0.05, 0.1) is 6.54 Å². The van der Waals surface area contributed by atoms with E-state index in [0.29, 0.717) is 31.3 Å². The zero-order valence-corrected chi connectivity index (χ0v) is 18.4. The fourth-order valence-electron chi connectivity index (χ4n) is 1.87. The van der Waals surface area contributed by atoms with E-state index in [9.17, 15) is 9.18 Å². The van der Waals surface area contributed by atoms with Gasteiger partial charge >= 0.3 is 0 Å². The van der Waals surface area contributed by atoms with Gasteiger partial charge in [-0.25, -0.2) is 4.39 Å². The van der Waals surface area contributed by atoms with Crippen molar-refractivity contribution in [1.29, 1.82) is 0 Å². The first kappa shape index (κ1) is 24.4. The maximum atomic E-state index is 12.9. The number of carbonyl (C=O) groups excluding carboxylic acids is 1. The summed E-state index contributed by atoms with van der Waals surface area (Å²) in [5.74, 6) is 0.961. The van der Waals surface area contributed by atoms with E-state index in [1.54, 1.807) is 19.2 Å². The Morgan fingerprint density at radius 1 is 1.15 bits per heavy atom. The minimum absolute atomic E-state index is 0. The van der Waals surface area contributed by atoms with Crippen LogP contribution in [0.3, 0.4) is 0 Å². The molecule has 0 aliphatic carbocycles. The number of guanidine groups is 1. The number of amides is 1. The van der Waals surface area contributed by atoms with Gasteiger partial charge in [-0.05, 0) is 31.2 Å². The fourth-order valence-corrected chi connectivity index (χ4v) is 1.87. The topological polar surface area (TPSA) is 74.8 Å². The Bertz CT molecular complexity index is 574. The Hall–Kier alpha value is -1.58. The molecule has 1 aromatic carbocycles. The Labute approximate surface area is 172 Å². The molecule has 1 unspecified atom stereocenters. The lowest BCUT2D eigenvalue weighted by Gasteiger charge is -2.19. The molecule has 1 rings (SSSR count). The predicted octanol–water partition coefficient (Wildman–Crippen LogP) is 2.54. The van der Waals surface area contributed by atoms with Crippen molar-refractivity contribution in [3.8, 4) is 5.75 Å². The number of carbonyl (C=O) groups is 1. The molecule has 148 valence electrons. The summed E-state index contributed by atoms with van der Waals surface area (Å²) in [5.41, 5.74) is -0.396. The van der Waals surface area contributed by atoms with Gasteiger partial charge in [0.25, 0.3) is 0 Å². The van der Waals surface area contributed by atoms with Crippen molar-refractivity contribution >= 4 is 35.8 Å². The minimum atomic E-state index is -0.396. The van der Waals surface area contributed by atoms with Crippen LogP contribution >= 0.6 is 24.0 Å². The highest BCUT2D eigenvalue weighted by Crippen LogP contribution is 2.13. The summed E-state index contributed by atoms with van der Waals surface area (Å²) in [5, 5.41) is 9.13. The number of nitrogens with zero attached hydrogens (tertiary/aromatic N) is 1. The first-order valence-corrected chi connectivity index (χ1v) is 8.37. The average molecular weight is 480 g/mol. The van der Waals surface area contributed by atoms with E-state index in [-0.39, 0.29) is 41.8 Å². The number of benzene rings is 1. The van der Waals surface area contributed by atoms with Crippen molar-refractivity contribution in [2.45, 2.75) is 33.8 Å². The van der Waals surface area contributed by atoms with Crippen LogP contribution in [0.2, 0.25) is 0 Å². The molecule has 0 heterocycles. The summed E-state index contributed by atoms with van der Waals surface area (Å²) in [6, 6.07) is 5.91. The van der Waals surface area contributed by atoms with Gasteiger partial charge in [-0.1, -0.05) is 20.8 Å². The van der Waals surface area contributed by atoms with Crippen LogP contribution in [0.25, 0.3) is 0 Å². The highest BCUT2D eigenvalue weighted by atomic mass is 127. The van der Waals surface area contributed by atoms with Crippen LogP contribution in [-0.2, 0) is 4.79 Å². The Morgan fingerprint density at radius 2 is 1.73 bits per heavy atom. The van der Waals surface area contributed by atoms with Gasteiger partial charge in [-0.3, -0.25) is 9.79 Å². The van der Waals surface area contributed by atoms with Gasteiger partial charge in [0.2, 0.25) is 5.91 Å². The monoisotopic (exact) mass is 480 g/mol. The van der Waals surface area contributed by atoms with E-state index in [0.717, 1.165) is 0 Å². The second kappa shape index (κ2) is 11.9. The minimum Gasteiger partial charge on any atom is -0.489 e. The zero-order valence-electron chi connectivity index (χ0n) is 16.1. The standard InChI is InChI=1S/C18H29FN4O2.HI/c1-13(25-15-8-6-14(19)7-9-15)12-23-17(20-5)22-11-10-21-16(24)18(2,3)4;/h6-9,13H,10-12H2,1-5H3,(H,21,24)(H2,20,22,23);1H. The lowest BCUT2D eigenvalue weighted by molar-refractivity contribution is -0.128. The quantitative estimate of drug-likeness (QED) is 0.243. The first-order chi connectivity index (χ1) is 11.7. The molecule has 0 fully saturated rings. The van der Waals surface area contributed by atoms with Crippen molar-refractivity contribution in [3.05, 3.63) is 30.1 Å². The number of aliphatic imine (C=N–C) groups is 1. The molecule has 0 spiro atoms. The lowest BCUT2D eigenvalue weighted by Crippen LogP contribution is -2.45. The molecule has 0 saturated carbocycles. The largest absolute Gasteiger partial charge is 0.489 e. The van der Waals surface area contributed by atoms with Gasteiger partial charge in [-0.15, -0.1) is 24.0 Å². The molecule has 6 nitrogen and oxygen atoms in total. The van der Waals surface area contributed by atoms with E-state index in [4.69, 9.17) is 4.74 Å². The molecule has 0 aliphatic rings. The van der Waals surface area contributed by atoms with Gasteiger partial charge in [0, 0.05) is 25.6 Å². The molecular formula is C18H30FIN4O2. The molecule has 26 heavy (non-hydrogen) atoms. The van der Waals surface area contributed by atoms with Crippen LogP contribution in [-0.4, -0.2) is 44.7 Å². The maximum absolute atomic E-state index is 12.9. The molecule has 8 heteroatoms. The maximum Gasteiger partial charge on any atom is 0.225 e. The molecule has 0 saturated heterocycles. The van der Waals surface area contributed by atoms with Gasteiger partial charge in [0.15, 0.2) is 5.96 Å². The van der Waals surface area contributed by atoms with E-state index in [1.165, 1.54) is 12.1 Å². The number of nitrogens with one attached hydrogen (secondary N) is 3. The van der Waals surface area contributed by atoms with Crippen LogP contribution < -0.4 is 20.7 Å². The number of halogens is 2. The van der Waals surface area contributed by atoms with Gasteiger partial charge < -0.3 is 20.7 Å². The number of hydrogen-bond acceptors (Lipinski definition) is 3. The lowest BCUT2D eigenvalue weighted by atomic mass is 9.96. The fraction of sp³-hybridized carbons (Fsp3) is 0.556. The van der Waals surface area contributed by atoms with Crippen LogP contribution in [0.1, 0.15) is 27.7 Å². The van der Waals surface area contributed by atoms with Crippen LogP contribution in [0, 0.1) is 11.2 Å². The molecule has 0 radical (unpaired) electrons. The molecular weight excluding hydrogens is 450 g/mol.